The smallest absolute Gasteiger partial charge is 0.214 e. The molecule has 1 aliphatic rings. The summed E-state index contributed by atoms with van der Waals surface area (Å²) in [7, 11) is -1.12. The Bertz CT molecular complexity index is 324. The zero-order valence-electron chi connectivity index (χ0n) is 12.0. The number of hydrogen-bond acceptors (Lipinski definition) is 3. The Kier molecular flexibility index (Phi) is 6.60. The minimum absolute atomic E-state index is 0.305. The van der Waals surface area contributed by atoms with Crippen molar-refractivity contribution in [3.8, 4) is 0 Å². The molecule has 0 aromatic carbocycles. The quantitative estimate of drug-likeness (QED) is 0.770. The maximum Gasteiger partial charge on any atom is 0.214 e. The number of nitrogens with one attached hydrogen (secondary N) is 1. The zero-order chi connectivity index (χ0) is 13.6. The summed E-state index contributed by atoms with van der Waals surface area (Å²) in [5.41, 5.74) is 0. The first kappa shape index (κ1) is 15.9. The topological polar surface area (TPSA) is 49.4 Å². The summed E-state index contributed by atoms with van der Waals surface area (Å²) >= 11 is 0. The molecule has 1 saturated heterocycles. The fourth-order valence-corrected chi connectivity index (χ4v) is 4.79. The normalized spacial score (nSPS) is 22.6. The van der Waals surface area contributed by atoms with Crippen LogP contribution in [0.1, 0.15) is 39.5 Å². The first-order chi connectivity index (χ1) is 8.53. The van der Waals surface area contributed by atoms with Crippen LogP contribution in [0.15, 0.2) is 0 Å². The van der Waals surface area contributed by atoms with Crippen molar-refractivity contribution >= 4 is 10.0 Å². The average molecular weight is 276 g/mol. The van der Waals surface area contributed by atoms with Crippen molar-refractivity contribution in [1.82, 2.24) is 9.62 Å². The van der Waals surface area contributed by atoms with Crippen molar-refractivity contribution in [2.75, 3.05) is 32.4 Å². The van der Waals surface area contributed by atoms with Gasteiger partial charge < -0.3 is 5.32 Å². The molecule has 0 radical (unpaired) electrons. The van der Waals surface area contributed by atoms with Crippen LogP contribution < -0.4 is 5.32 Å². The lowest BCUT2D eigenvalue weighted by Gasteiger charge is -2.32. The molecule has 0 aromatic heterocycles. The van der Waals surface area contributed by atoms with E-state index in [1.165, 1.54) is 0 Å². The molecule has 0 saturated carbocycles. The van der Waals surface area contributed by atoms with Gasteiger partial charge in [-0.25, -0.2) is 12.7 Å². The predicted octanol–water partition coefficient (Wildman–Crippen LogP) is 1.68. The Balaban J connectivity index is 2.60. The van der Waals surface area contributed by atoms with Crippen molar-refractivity contribution in [3.63, 3.8) is 0 Å². The average Bonchev–Trinajstić information content (AvgIpc) is 2.37. The fraction of sp³-hybridized carbons (Fsp3) is 1.00. The number of nitrogens with zero attached hydrogens (tertiary/aromatic N) is 1. The molecule has 18 heavy (non-hydrogen) atoms. The molecule has 1 unspecified atom stereocenters. The minimum Gasteiger partial charge on any atom is -0.319 e. The van der Waals surface area contributed by atoms with Gasteiger partial charge in [0.05, 0.1) is 5.75 Å². The predicted molar refractivity (Wildman–Crippen MR) is 76.1 cm³/mol. The molecule has 1 heterocycles. The second kappa shape index (κ2) is 7.46. The van der Waals surface area contributed by atoms with Gasteiger partial charge in [-0.15, -0.1) is 0 Å². The molecule has 108 valence electrons. The maximum absolute atomic E-state index is 12.4. The summed E-state index contributed by atoms with van der Waals surface area (Å²) < 4.78 is 26.5. The van der Waals surface area contributed by atoms with E-state index >= 15 is 0 Å². The monoisotopic (exact) mass is 276 g/mol. The highest BCUT2D eigenvalue weighted by molar-refractivity contribution is 7.89. The zero-order valence-corrected chi connectivity index (χ0v) is 12.8. The molecule has 5 heteroatoms. The van der Waals surface area contributed by atoms with Gasteiger partial charge in [-0.05, 0) is 38.3 Å². The molecule has 1 rings (SSSR count). The van der Waals surface area contributed by atoms with E-state index in [1.807, 2.05) is 7.05 Å². The first-order valence-electron chi connectivity index (χ1n) is 7.15. The SMILES string of the molecule is CCC(CC)CS(=O)(=O)N1CCCC(CNC)C1. The molecule has 0 aliphatic carbocycles. The van der Waals surface area contributed by atoms with E-state index < -0.39 is 10.0 Å². The van der Waals surface area contributed by atoms with Crippen molar-refractivity contribution < 1.29 is 8.42 Å². The van der Waals surface area contributed by atoms with Crippen molar-refractivity contribution in [3.05, 3.63) is 0 Å². The van der Waals surface area contributed by atoms with Crippen LogP contribution in [0.4, 0.5) is 0 Å². The van der Waals surface area contributed by atoms with Crippen molar-refractivity contribution in [2.45, 2.75) is 39.5 Å². The van der Waals surface area contributed by atoms with Gasteiger partial charge in [0, 0.05) is 13.1 Å². The maximum atomic E-state index is 12.4. The molecule has 0 spiro atoms. The van der Waals surface area contributed by atoms with Crippen molar-refractivity contribution in [2.24, 2.45) is 11.8 Å². The van der Waals surface area contributed by atoms with Gasteiger partial charge in [-0.2, -0.15) is 0 Å². The van der Waals surface area contributed by atoms with Crippen LogP contribution in [-0.2, 0) is 10.0 Å². The Morgan fingerprint density at radius 1 is 1.33 bits per heavy atom. The Labute approximate surface area is 112 Å². The largest absolute Gasteiger partial charge is 0.319 e. The summed E-state index contributed by atoms with van der Waals surface area (Å²) in [5.74, 6) is 1.10. The molecule has 1 N–H and O–H groups in total. The van der Waals surface area contributed by atoms with Gasteiger partial charge >= 0.3 is 0 Å². The molecule has 0 amide bonds. The van der Waals surface area contributed by atoms with Crippen LogP contribution >= 0.6 is 0 Å². The highest BCUT2D eigenvalue weighted by atomic mass is 32.2. The molecule has 1 aliphatic heterocycles. The Morgan fingerprint density at radius 2 is 2.00 bits per heavy atom. The summed E-state index contributed by atoms with van der Waals surface area (Å²) in [4.78, 5) is 0. The van der Waals surface area contributed by atoms with Gasteiger partial charge in [0.2, 0.25) is 10.0 Å². The molecular formula is C13H28N2O2S. The number of rotatable bonds is 7. The molecule has 0 bridgehead atoms. The van der Waals surface area contributed by atoms with Crippen LogP contribution in [0, 0.1) is 11.8 Å². The fourth-order valence-electron chi connectivity index (χ4n) is 2.66. The molecule has 1 atom stereocenters. The second-order valence-corrected chi connectivity index (χ2v) is 7.40. The van der Waals surface area contributed by atoms with Gasteiger partial charge in [0.25, 0.3) is 0 Å². The number of hydrogen-bond donors (Lipinski definition) is 1. The van der Waals surface area contributed by atoms with Crippen LogP contribution in [0.2, 0.25) is 0 Å². The number of piperidine rings is 1. The van der Waals surface area contributed by atoms with Crippen molar-refractivity contribution in [1.29, 1.82) is 0 Å². The molecular weight excluding hydrogens is 248 g/mol. The third-order valence-corrected chi connectivity index (χ3v) is 5.98. The summed E-state index contributed by atoms with van der Waals surface area (Å²) in [6.45, 7) is 6.47. The minimum atomic E-state index is -3.05. The van der Waals surface area contributed by atoms with Crippen LogP contribution in [-0.4, -0.2) is 45.2 Å². The van der Waals surface area contributed by atoms with E-state index in [0.29, 0.717) is 30.7 Å². The standard InChI is InChI=1S/C13H28N2O2S/c1-4-12(5-2)11-18(16,17)15-8-6-7-13(10-15)9-14-3/h12-14H,4-11H2,1-3H3. The third-order valence-electron chi connectivity index (χ3n) is 3.97. The Hall–Kier alpha value is -0.130. The number of sulfonamides is 1. The Morgan fingerprint density at radius 3 is 2.56 bits per heavy atom. The van der Waals surface area contributed by atoms with E-state index in [9.17, 15) is 8.42 Å². The van der Waals surface area contributed by atoms with Crippen LogP contribution in [0.3, 0.4) is 0 Å². The van der Waals surface area contributed by atoms with Gasteiger partial charge in [0.15, 0.2) is 0 Å². The van der Waals surface area contributed by atoms with Crippen LogP contribution in [0.25, 0.3) is 0 Å². The molecule has 1 fully saturated rings. The van der Waals surface area contributed by atoms with E-state index in [2.05, 4.69) is 19.2 Å². The van der Waals surface area contributed by atoms with E-state index in [4.69, 9.17) is 0 Å². The van der Waals surface area contributed by atoms with E-state index in [1.54, 1.807) is 4.31 Å². The van der Waals surface area contributed by atoms with Gasteiger partial charge in [0.1, 0.15) is 0 Å². The van der Waals surface area contributed by atoms with Crippen LogP contribution in [0.5, 0.6) is 0 Å². The lowest BCUT2D eigenvalue weighted by atomic mass is 10.00. The lowest BCUT2D eigenvalue weighted by Crippen LogP contribution is -2.44. The summed E-state index contributed by atoms with van der Waals surface area (Å²) in [6.07, 6.45) is 4.03. The van der Waals surface area contributed by atoms with E-state index in [-0.39, 0.29) is 0 Å². The first-order valence-corrected chi connectivity index (χ1v) is 8.76. The molecule has 4 nitrogen and oxygen atoms in total. The van der Waals surface area contributed by atoms with E-state index in [0.717, 1.165) is 32.2 Å². The van der Waals surface area contributed by atoms with Gasteiger partial charge in [-0.1, -0.05) is 26.7 Å². The lowest BCUT2D eigenvalue weighted by molar-refractivity contribution is 0.262. The molecule has 0 aromatic rings. The van der Waals surface area contributed by atoms with Gasteiger partial charge in [-0.3, -0.25) is 0 Å². The summed E-state index contributed by atoms with van der Waals surface area (Å²) in [5, 5.41) is 3.15. The highest BCUT2D eigenvalue weighted by Crippen LogP contribution is 2.21. The second-order valence-electron chi connectivity index (χ2n) is 5.39. The highest BCUT2D eigenvalue weighted by Gasteiger charge is 2.29. The summed E-state index contributed by atoms with van der Waals surface area (Å²) in [6, 6.07) is 0. The third kappa shape index (κ3) is 4.52.